The zero-order valence-electron chi connectivity index (χ0n) is 19.0. The minimum absolute atomic E-state index is 0.119. The lowest BCUT2D eigenvalue weighted by atomic mass is 10.1. The van der Waals surface area contributed by atoms with Crippen LogP contribution in [0.5, 0.6) is 0 Å². The predicted octanol–water partition coefficient (Wildman–Crippen LogP) is 4.84. The number of nitrogens with zero attached hydrogens (tertiary/aromatic N) is 2. The summed E-state index contributed by atoms with van der Waals surface area (Å²) in [5, 5.41) is -0.839. The summed E-state index contributed by atoms with van der Waals surface area (Å²) in [6.07, 6.45) is -3.04. The average Bonchev–Trinajstić information content (AvgIpc) is 2.80. The van der Waals surface area contributed by atoms with Gasteiger partial charge in [0.15, 0.2) is 9.84 Å². The van der Waals surface area contributed by atoms with E-state index in [1.54, 1.807) is 0 Å². The first-order valence-corrected chi connectivity index (χ1v) is 14.1. The number of sulfonamides is 1. The molecular weight excluding hydrogens is 580 g/mol. The molecular formula is C22H17Cl2F3N2O6S2. The Balaban J connectivity index is 2.26. The van der Waals surface area contributed by atoms with Gasteiger partial charge in [-0.3, -0.25) is 4.79 Å². The molecule has 198 valence electrons. The molecule has 0 aliphatic heterocycles. The fourth-order valence-corrected chi connectivity index (χ4v) is 5.96. The number of carbonyl (C=O) groups is 1. The van der Waals surface area contributed by atoms with Crippen molar-refractivity contribution in [1.82, 2.24) is 4.98 Å². The van der Waals surface area contributed by atoms with Crippen molar-refractivity contribution in [3.8, 4) is 0 Å². The van der Waals surface area contributed by atoms with Crippen molar-refractivity contribution >= 4 is 54.5 Å². The zero-order chi connectivity index (χ0) is 27.8. The van der Waals surface area contributed by atoms with Crippen molar-refractivity contribution in [3.63, 3.8) is 0 Å². The van der Waals surface area contributed by atoms with Gasteiger partial charge < -0.3 is 4.74 Å². The third kappa shape index (κ3) is 6.07. The fourth-order valence-electron chi connectivity index (χ4n) is 3.29. The molecule has 0 fully saturated rings. The molecule has 0 amide bonds. The second kappa shape index (κ2) is 10.6. The third-order valence-electron chi connectivity index (χ3n) is 4.93. The van der Waals surface area contributed by atoms with Crippen LogP contribution < -0.4 is 4.31 Å². The van der Waals surface area contributed by atoms with Crippen LogP contribution in [0.2, 0.25) is 10.0 Å². The van der Waals surface area contributed by atoms with E-state index in [0.29, 0.717) is 10.4 Å². The molecule has 0 unspecified atom stereocenters. The summed E-state index contributed by atoms with van der Waals surface area (Å²) in [6, 6.07) is 8.20. The minimum atomic E-state index is -4.96. The maximum Gasteiger partial charge on any atom is 0.417 e. The topological polar surface area (TPSA) is 111 Å². The minimum Gasteiger partial charge on any atom is -0.363 e. The van der Waals surface area contributed by atoms with Crippen LogP contribution in [0, 0.1) is 0 Å². The van der Waals surface area contributed by atoms with E-state index in [2.05, 4.69) is 4.98 Å². The molecule has 0 saturated carbocycles. The molecule has 1 aromatic heterocycles. The number of hydrogen-bond acceptors (Lipinski definition) is 7. The summed E-state index contributed by atoms with van der Waals surface area (Å²) in [4.78, 5) is 16.2. The second-order valence-corrected chi connectivity index (χ2v) is 12.2. The van der Waals surface area contributed by atoms with Gasteiger partial charge in [0.2, 0.25) is 5.78 Å². The third-order valence-corrected chi connectivity index (χ3v) is 8.35. The largest absolute Gasteiger partial charge is 0.417 e. The molecule has 0 spiro atoms. The molecule has 0 bridgehead atoms. The molecule has 1 heterocycles. The van der Waals surface area contributed by atoms with Crippen LogP contribution in [0.3, 0.4) is 0 Å². The first-order chi connectivity index (χ1) is 17.1. The quantitative estimate of drug-likeness (QED) is 0.270. The fraction of sp³-hybridized carbons (Fsp3) is 0.182. The normalized spacial score (nSPS) is 12.4. The van der Waals surface area contributed by atoms with Crippen molar-refractivity contribution in [1.29, 1.82) is 0 Å². The van der Waals surface area contributed by atoms with E-state index in [4.69, 9.17) is 27.9 Å². The molecule has 15 heteroatoms. The van der Waals surface area contributed by atoms with E-state index in [1.165, 1.54) is 24.3 Å². The van der Waals surface area contributed by atoms with Crippen LogP contribution in [-0.4, -0.2) is 47.7 Å². The molecule has 0 saturated heterocycles. The van der Waals surface area contributed by atoms with Crippen LogP contribution >= 0.6 is 23.2 Å². The number of aromatic nitrogens is 1. The number of pyridine rings is 1. The summed E-state index contributed by atoms with van der Waals surface area (Å²) in [5.74, 6) is -0.976. The Bertz CT molecular complexity index is 1580. The number of carbonyl (C=O) groups excluding carboxylic acids is 1. The highest BCUT2D eigenvalue weighted by Gasteiger charge is 2.37. The predicted molar refractivity (Wildman–Crippen MR) is 130 cm³/mol. The summed E-state index contributed by atoms with van der Waals surface area (Å²) in [7, 11) is -7.60. The number of methoxy groups -OCH3 is 1. The Morgan fingerprint density at radius 3 is 2.30 bits per heavy atom. The summed E-state index contributed by atoms with van der Waals surface area (Å²) in [6.45, 7) is -0.762. The number of benzene rings is 2. The number of halogens is 5. The highest BCUT2D eigenvalue weighted by molar-refractivity contribution is 7.92. The highest BCUT2D eigenvalue weighted by Crippen LogP contribution is 2.37. The molecule has 0 aliphatic carbocycles. The number of hydrogen-bond donors (Lipinski definition) is 0. The smallest absolute Gasteiger partial charge is 0.363 e. The van der Waals surface area contributed by atoms with Crippen molar-refractivity contribution in [2.75, 3.05) is 24.4 Å². The number of rotatable bonds is 8. The van der Waals surface area contributed by atoms with Gasteiger partial charge in [0.1, 0.15) is 12.4 Å². The Morgan fingerprint density at radius 2 is 1.70 bits per heavy atom. The van der Waals surface area contributed by atoms with Gasteiger partial charge in [-0.05, 0) is 36.4 Å². The Labute approximate surface area is 220 Å². The number of alkyl halides is 3. The maximum atomic E-state index is 13.5. The molecule has 2 aromatic carbocycles. The highest BCUT2D eigenvalue weighted by atomic mass is 35.5. The van der Waals surface area contributed by atoms with E-state index < -0.39 is 65.4 Å². The lowest BCUT2D eigenvalue weighted by molar-refractivity contribution is -0.137. The monoisotopic (exact) mass is 596 g/mol. The molecule has 3 rings (SSSR count). The second-order valence-electron chi connectivity index (χ2n) is 7.53. The van der Waals surface area contributed by atoms with Gasteiger partial charge in [-0.25, -0.2) is 26.1 Å². The molecule has 3 aromatic rings. The molecule has 0 radical (unpaired) electrons. The SMILES string of the molecule is COCN(c1cc(Cl)cnc1C(=O)c1ccccc1S(C)(=O)=O)S(=O)(=O)c1ccc(Cl)c(C(F)(F)F)c1. The summed E-state index contributed by atoms with van der Waals surface area (Å²) < 4.78 is 97.1. The lowest BCUT2D eigenvalue weighted by Crippen LogP contribution is -2.34. The maximum absolute atomic E-state index is 13.5. The Morgan fingerprint density at radius 1 is 1.05 bits per heavy atom. The molecule has 0 aliphatic rings. The van der Waals surface area contributed by atoms with Crippen molar-refractivity contribution in [3.05, 3.63) is 81.6 Å². The van der Waals surface area contributed by atoms with E-state index in [-0.39, 0.29) is 15.5 Å². The number of ketones is 1. The molecule has 0 atom stereocenters. The van der Waals surface area contributed by atoms with Crippen LogP contribution in [0.4, 0.5) is 18.9 Å². The van der Waals surface area contributed by atoms with Crippen LogP contribution in [-0.2, 0) is 30.8 Å². The Kier molecular flexibility index (Phi) is 8.25. The summed E-state index contributed by atoms with van der Waals surface area (Å²) >= 11 is 11.6. The summed E-state index contributed by atoms with van der Waals surface area (Å²) in [5.41, 5.74) is -2.69. The number of ether oxygens (including phenoxy) is 1. The van der Waals surface area contributed by atoms with Crippen molar-refractivity contribution in [2.24, 2.45) is 0 Å². The van der Waals surface area contributed by atoms with Gasteiger partial charge in [0, 0.05) is 25.1 Å². The van der Waals surface area contributed by atoms with E-state index >= 15 is 0 Å². The van der Waals surface area contributed by atoms with E-state index in [1.807, 2.05) is 0 Å². The van der Waals surface area contributed by atoms with Crippen molar-refractivity contribution in [2.45, 2.75) is 16.0 Å². The Hall–Kier alpha value is -2.71. The van der Waals surface area contributed by atoms with Gasteiger partial charge in [-0.1, -0.05) is 35.3 Å². The first kappa shape index (κ1) is 28.9. The molecule has 0 N–H and O–H groups in total. The standard InChI is InChI=1S/C22H17Cl2F3N2O6S2/c1-35-12-29(37(33,34)14-7-8-17(24)16(10-14)22(25,26)27)18-9-13(23)11-28-20(18)21(30)15-5-3-4-6-19(15)36(2,31)32/h3-11H,12H2,1-2H3. The lowest BCUT2D eigenvalue weighted by Gasteiger charge is -2.25. The van der Waals surface area contributed by atoms with Crippen LogP contribution in [0.15, 0.2) is 64.5 Å². The van der Waals surface area contributed by atoms with Gasteiger partial charge in [-0.15, -0.1) is 0 Å². The van der Waals surface area contributed by atoms with Gasteiger partial charge >= 0.3 is 6.18 Å². The van der Waals surface area contributed by atoms with Crippen LogP contribution in [0.25, 0.3) is 0 Å². The number of anilines is 1. The van der Waals surface area contributed by atoms with E-state index in [9.17, 15) is 34.8 Å². The van der Waals surface area contributed by atoms with Crippen LogP contribution in [0.1, 0.15) is 21.6 Å². The van der Waals surface area contributed by atoms with Gasteiger partial charge in [-0.2, -0.15) is 13.2 Å². The van der Waals surface area contributed by atoms with Crippen molar-refractivity contribution < 1.29 is 39.5 Å². The first-order valence-electron chi connectivity index (χ1n) is 9.96. The van der Waals surface area contributed by atoms with E-state index in [0.717, 1.165) is 37.8 Å². The van der Waals surface area contributed by atoms with Gasteiger partial charge in [0.05, 0.1) is 31.1 Å². The average molecular weight is 597 g/mol. The molecule has 37 heavy (non-hydrogen) atoms. The molecule has 8 nitrogen and oxygen atoms in total. The zero-order valence-corrected chi connectivity index (χ0v) is 22.1. The number of sulfone groups is 1. The van der Waals surface area contributed by atoms with Gasteiger partial charge in [0.25, 0.3) is 10.0 Å².